The van der Waals surface area contributed by atoms with Crippen LogP contribution in [0.1, 0.15) is 43.7 Å². The van der Waals surface area contributed by atoms with Crippen LogP contribution in [-0.4, -0.2) is 79.7 Å². The van der Waals surface area contributed by atoms with Crippen molar-refractivity contribution in [2.75, 3.05) is 30.0 Å². The molecule has 1 saturated carbocycles. The van der Waals surface area contributed by atoms with E-state index in [1.54, 1.807) is 11.3 Å². The molecule has 3 aromatic heterocycles. The van der Waals surface area contributed by atoms with Gasteiger partial charge in [0, 0.05) is 18.0 Å². The van der Waals surface area contributed by atoms with Crippen LogP contribution in [0, 0.1) is 0 Å². The van der Waals surface area contributed by atoms with Crippen LogP contribution in [0.5, 0.6) is 0 Å². The van der Waals surface area contributed by atoms with Gasteiger partial charge in [-0.3, -0.25) is 0 Å². The second-order valence-electron chi connectivity index (χ2n) is 10.4. The van der Waals surface area contributed by atoms with Crippen LogP contribution in [0.4, 0.5) is 24.9 Å². The van der Waals surface area contributed by atoms with Crippen LogP contribution < -0.4 is 10.2 Å². The molecule has 5 heterocycles. The molecule has 3 aromatic rings. The number of nitrogens with one attached hydrogen (secondary N) is 1. The van der Waals surface area contributed by atoms with E-state index in [-0.39, 0.29) is 56.5 Å². The van der Waals surface area contributed by atoms with Crippen LogP contribution >= 0.6 is 11.3 Å². The number of fused-ring (bicyclic) bond motifs is 3. The third-order valence-corrected chi connectivity index (χ3v) is 8.40. The highest BCUT2D eigenvalue weighted by Crippen LogP contribution is 2.41. The summed E-state index contributed by atoms with van der Waals surface area (Å²) in [7, 11) is 0. The molecular formula is C24H30F3N7O4S. The van der Waals surface area contributed by atoms with Gasteiger partial charge < -0.3 is 34.1 Å². The lowest BCUT2D eigenvalue weighted by atomic mass is 10.2. The summed E-state index contributed by atoms with van der Waals surface area (Å²) in [6.07, 6.45) is -4.06. The largest absolute Gasteiger partial charge is 0.451 e. The summed E-state index contributed by atoms with van der Waals surface area (Å²) in [5.41, 5.74) is 0. The molecule has 0 radical (unpaired) electrons. The number of nitrogens with zero attached hydrogens (tertiary/aromatic N) is 6. The Morgan fingerprint density at radius 1 is 1.21 bits per heavy atom. The Balaban J connectivity index is 1.31. The Hall–Kier alpha value is -2.59. The molecular weight excluding hydrogens is 539 g/mol. The topological polar surface area (TPSA) is 120 Å². The lowest BCUT2D eigenvalue weighted by molar-refractivity contribution is -0.167. The van der Waals surface area contributed by atoms with E-state index in [0.717, 1.165) is 26.1 Å². The normalized spacial score (nSPS) is 26.3. The summed E-state index contributed by atoms with van der Waals surface area (Å²) in [5.74, 6) is -0.499. The molecule has 2 N–H and O–H groups in total. The van der Waals surface area contributed by atoms with E-state index in [0.29, 0.717) is 24.7 Å². The van der Waals surface area contributed by atoms with Gasteiger partial charge in [-0.25, -0.2) is 4.98 Å². The molecule has 0 bridgehead atoms. The summed E-state index contributed by atoms with van der Waals surface area (Å²) in [5, 5.41) is 20.7. The van der Waals surface area contributed by atoms with Crippen molar-refractivity contribution in [1.29, 1.82) is 0 Å². The molecule has 11 nitrogen and oxygen atoms in total. The number of thiophene rings is 1. The fraction of sp³-hybridized carbons (Fsp3) is 0.667. The Bertz CT molecular complexity index is 1360. The van der Waals surface area contributed by atoms with Crippen LogP contribution in [0.15, 0.2) is 6.07 Å². The minimum atomic E-state index is -4.56. The number of aliphatic hydroxyl groups is 1. The number of aliphatic hydroxyl groups excluding tert-OH is 1. The Labute approximate surface area is 226 Å². The third-order valence-electron chi connectivity index (χ3n) is 7.23. The predicted molar refractivity (Wildman–Crippen MR) is 136 cm³/mol. The summed E-state index contributed by atoms with van der Waals surface area (Å²) in [6, 6.07) is 1.83. The molecule has 212 valence electrons. The summed E-state index contributed by atoms with van der Waals surface area (Å²) < 4.78 is 59.4. The highest BCUT2D eigenvalue weighted by atomic mass is 32.1. The molecule has 1 saturated heterocycles. The van der Waals surface area contributed by atoms with E-state index in [9.17, 15) is 18.3 Å². The van der Waals surface area contributed by atoms with E-state index in [1.807, 2.05) is 24.8 Å². The zero-order valence-electron chi connectivity index (χ0n) is 21.7. The average molecular weight is 570 g/mol. The summed E-state index contributed by atoms with van der Waals surface area (Å²) in [6.45, 7) is 6.41. The zero-order chi connectivity index (χ0) is 27.5. The maximum absolute atomic E-state index is 13.4. The van der Waals surface area contributed by atoms with Crippen molar-refractivity contribution in [3.05, 3.63) is 22.6 Å². The molecule has 15 heteroatoms. The van der Waals surface area contributed by atoms with Crippen molar-refractivity contribution in [3.63, 3.8) is 0 Å². The average Bonchev–Trinajstić information content (AvgIpc) is 3.63. The highest BCUT2D eigenvalue weighted by molar-refractivity contribution is 7.18. The second-order valence-corrected chi connectivity index (χ2v) is 11.5. The maximum atomic E-state index is 13.4. The van der Waals surface area contributed by atoms with E-state index >= 15 is 0 Å². The van der Waals surface area contributed by atoms with Crippen molar-refractivity contribution in [2.45, 2.75) is 83.0 Å². The van der Waals surface area contributed by atoms with E-state index < -0.39 is 17.8 Å². The van der Waals surface area contributed by atoms with Gasteiger partial charge in [-0.2, -0.15) is 18.2 Å². The number of hydrogen-bond acceptors (Lipinski definition) is 11. The van der Waals surface area contributed by atoms with Gasteiger partial charge in [0.1, 0.15) is 22.9 Å². The minimum absolute atomic E-state index is 0.0900. The van der Waals surface area contributed by atoms with Crippen LogP contribution in [0.2, 0.25) is 0 Å². The number of aromatic nitrogens is 5. The Morgan fingerprint density at radius 2 is 2.00 bits per heavy atom. The Kier molecular flexibility index (Phi) is 6.69. The lowest BCUT2D eigenvalue weighted by Gasteiger charge is -2.30. The van der Waals surface area contributed by atoms with Gasteiger partial charge in [-0.1, -0.05) is 6.92 Å². The first kappa shape index (κ1) is 26.6. The fourth-order valence-electron chi connectivity index (χ4n) is 5.59. The SMILES string of the molecule is CCc1cc2c(N3CCn4c(nnc4C(F)(F)F)C3)nc(N[C@@H]3C[C@H](OCCO)[C@H]4OC(C)(C)OC34)nc2s1. The monoisotopic (exact) mass is 569 g/mol. The molecule has 2 fully saturated rings. The summed E-state index contributed by atoms with van der Waals surface area (Å²) in [4.78, 5) is 13.5. The zero-order valence-corrected chi connectivity index (χ0v) is 22.6. The van der Waals surface area contributed by atoms with Gasteiger partial charge in [0.05, 0.1) is 37.3 Å². The summed E-state index contributed by atoms with van der Waals surface area (Å²) >= 11 is 1.56. The van der Waals surface area contributed by atoms with Crippen molar-refractivity contribution in [1.82, 2.24) is 24.7 Å². The van der Waals surface area contributed by atoms with Crippen molar-refractivity contribution in [2.24, 2.45) is 0 Å². The van der Waals surface area contributed by atoms with E-state index in [1.165, 1.54) is 0 Å². The van der Waals surface area contributed by atoms with Gasteiger partial charge >= 0.3 is 6.18 Å². The van der Waals surface area contributed by atoms with Gasteiger partial charge in [-0.15, -0.1) is 21.5 Å². The van der Waals surface area contributed by atoms with Gasteiger partial charge in [0.15, 0.2) is 11.6 Å². The molecule has 4 atom stereocenters. The number of aryl methyl sites for hydroxylation is 1. The number of anilines is 2. The molecule has 6 rings (SSSR count). The third kappa shape index (κ3) is 4.94. The van der Waals surface area contributed by atoms with E-state index in [4.69, 9.17) is 24.2 Å². The first-order chi connectivity index (χ1) is 18.6. The smallest absolute Gasteiger partial charge is 0.394 e. The second kappa shape index (κ2) is 9.80. The standard InChI is InChI=1S/C24H30F3N7O4S/c1-4-12-9-13-19(33-5-6-34-16(11-33)31-32-21(34)24(25,26)27)29-22(30-20(13)39-12)28-14-10-15(36-8-7-35)18-17(14)37-23(2,3)38-18/h9,14-15,17-18,35H,4-8,10-11H2,1-3H3,(H,28,29,30)/t14-,15+,17?,18-/m1/s1. The number of rotatable bonds is 7. The maximum Gasteiger partial charge on any atom is 0.451 e. The number of halogens is 3. The lowest BCUT2D eigenvalue weighted by Crippen LogP contribution is -2.37. The Morgan fingerprint density at radius 3 is 2.74 bits per heavy atom. The molecule has 0 aromatic carbocycles. The molecule has 39 heavy (non-hydrogen) atoms. The van der Waals surface area contributed by atoms with Crippen LogP contribution in [0.3, 0.4) is 0 Å². The van der Waals surface area contributed by atoms with E-state index in [2.05, 4.69) is 22.4 Å². The van der Waals surface area contributed by atoms with Crippen molar-refractivity contribution in [3.8, 4) is 0 Å². The molecule has 3 aliphatic rings. The molecule has 0 spiro atoms. The fourth-order valence-corrected chi connectivity index (χ4v) is 6.55. The number of hydrogen-bond donors (Lipinski definition) is 2. The van der Waals surface area contributed by atoms with Crippen LogP contribution in [0.25, 0.3) is 10.2 Å². The van der Waals surface area contributed by atoms with Crippen molar-refractivity contribution < 1.29 is 32.5 Å². The molecule has 1 unspecified atom stereocenters. The van der Waals surface area contributed by atoms with Gasteiger partial charge in [-0.05, 0) is 32.8 Å². The molecule has 0 amide bonds. The van der Waals surface area contributed by atoms with Crippen molar-refractivity contribution >= 4 is 33.3 Å². The minimum Gasteiger partial charge on any atom is -0.394 e. The highest BCUT2D eigenvalue weighted by Gasteiger charge is 2.55. The first-order valence-corrected chi connectivity index (χ1v) is 13.8. The number of alkyl halides is 3. The van der Waals surface area contributed by atoms with Gasteiger partial charge in [0.2, 0.25) is 11.8 Å². The predicted octanol–water partition coefficient (Wildman–Crippen LogP) is 2.97. The quantitative estimate of drug-likeness (QED) is 0.440. The molecule has 1 aliphatic carbocycles. The number of ether oxygens (including phenoxy) is 3. The molecule has 2 aliphatic heterocycles. The van der Waals surface area contributed by atoms with Crippen LogP contribution in [-0.2, 0) is 39.9 Å². The van der Waals surface area contributed by atoms with Gasteiger partial charge in [0.25, 0.3) is 0 Å². The first-order valence-electron chi connectivity index (χ1n) is 13.0.